The first-order valence-corrected chi connectivity index (χ1v) is 9.64. The second-order valence-electron chi connectivity index (χ2n) is 6.40. The number of ether oxygens (including phenoxy) is 2. The Balaban J connectivity index is 1.43. The van der Waals surface area contributed by atoms with Crippen molar-refractivity contribution in [2.75, 3.05) is 18.5 Å². The molecule has 0 heterocycles. The van der Waals surface area contributed by atoms with Crippen LogP contribution in [-0.4, -0.2) is 37.0 Å². The van der Waals surface area contributed by atoms with Gasteiger partial charge in [-0.05, 0) is 49.2 Å². The molecule has 0 aliphatic heterocycles. The van der Waals surface area contributed by atoms with Crippen LogP contribution in [0.5, 0.6) is 5.75 Å². The molecule has 0 atom stereocenters. The summed E-state index contributed by atoms with van der Waals surface area (Å²) in [6.07, 6.45) is 1.96. The van der Waals surface area contributed by atoms with Gasteiger partial charge in [0.25, 0.3) is 11.8 Å². The van der Waals surface area contributed by atoms with Gasteiger partial charge in [0, 0.05) is 21.8 Å². The highest BCUT2D eigenvalue weighted by molar-refractivity contribution is 9.10. The molecule has 0 saturated heterocycles. The first-order valence-electron chi connectivity index (χ1n) is 8.85. The quantitative estimate of drug-likeness (QED) is 0.585. The maximum atomic E-state index is 13.6. The molecule has 0 radical (unpaired) electrons. The number of carbonyl (C=O) groups excluding carboxylic acids is 3. The zero-order valence-electron chi connectivity index (χ0n) is 15.2. The van der Waals surface area contributed by atoms with Crippen molar-refractivity contribution in [3.8, 4) is 5.75 Å². The topological polar surface area (TPSA) is 93.7 Å². The van der Waals surface area contributed by atoms with Crippen molar-refractivity contribution < 1.29 is 28.2 Å². The van der Waals surface area contributed by atoms with Crippen LogP contribution in [0.15, 0.2) is 46.9 Å². The van der Waals surface area contributed by atoms with Gasteiger partial charge in [-0.15, -0.1) is 0 Å². The van der Waals surface area contributed by atoms with E-state index in [4.69, 9.17) is 9.47 Å². The van der Waals surface area contributed by atoms with Crippen LogP contribution >= 0.6 is 15.9 Å². The molecule has 29 heavy (non-hydrogen) atoms. The fourth-order valence-corrected chi connectivity index (χ4v) is 2.68. The lowest BCUT2D eigenvalue weighted by Gasteiger charge is -2.09. The number of benzene rings is 2. The van der Waals surface area contributed by atoms with E-state index in [0.29, 0.717) is 15.7 Å². The minimum Gasteiger partial charge on any atom is -0.479 e. The van der Waals surface area contributed by atoms with Crippen molar-refractivity contribution in [3.63, 3.8) is 0 Å². The van der Waals surface area contributed by atoms with Gasteiger partial charge < -0.3 is 20.1 Å². The first kappa shape index (κ1) is 20.8. The Morgan fingerprint density at radius 2 is 1.90 bits per heavy atom. The molecule has 3 rings (SSSR count). The summed E-state index contributed by atoms with van der Waals surface area (Å²) in [7, 11) is 0. The summed E-state index contributed by atoms with van der Waals surface area (Å²) >= 11 is 3.12. The van der Waals surface area contributed by atoms with Crippen LogP contribution in [0.3, 0.4) is 0 Å². The van der Waals surface area contributed by atoms with Crippen LogP contribution in [0.2, 0.25) is 0 Å². The van der Waals surface area contributed by atoms with Crippen LogP contribution in [0.25, 0.3) is 0 Å². The number of rotatable bonds is 8. The molecule has 152 valence electrons. The Morgan fingerprint density at radius 1 is 1.10 bits per heavy atom. The molecular formula is C20H18BrFN2O5. The maximum Gasteiger partial charge on any atom is 0.344 e. The molecule has 2 amide bonds. The van der Waals surface area contributed by atoms with Gasteiger partial charge in [-0.3, -0.25) is 9.59 Å². The lowest BCUT2D eigenvalue weighted by molar-refractivity contribution is -0.149. The third kappa shape index (κ3) is 6.56. The van der Waals surface area contributed by atoms with Gasteiger partial charge in [0.05, 0.1) is 0 Å². The second-order valence-corrected chi connectivity index (χ2v) is 7.32. The number of hydrogen-bond acceptors (Lipinski definition) is 5. The minimum absolute atomic E-state index is 0.101. The largest absolute Gasteiger partial charge is 0.479 e. The molecule has 0 aromatic heterocycles. The van der Waals surface area contributed by atoms with Crippen LogP contribution in [0, 0.1) is 5.82 Å². The zero-order chi connectivity index (χ0) is 20.8. The molecular weight excluding hydrogens is 447 g/mol. The van der Waals surface area contributed by atoms with E-state index in [2.05, 4.69) is 26.6 Å². The van der Waals surface area contributed by atoms with Gasteiger partial charge in [-0.2, -0.15) is 0 Å². The summed E-state index contributed by atoms with van der Waals surface area (Å²) < 4.78 is 24.0. The average molecular weight is 465 g/mol. The molecule has 7 nitrogen and oxygen atoms in total. The van der Waals surface area contributed by atoms with Gasteiger partial charge in [0.2, 0.25) is 0 Å². The molecule has 1 aliphatic carbocycles. The maximum absolute atomic E-state index is 13.6. The number of hydrogen-bond donors (Lipinski definition) is 2. The molecule has 1 fully saturated rings. The number of esters is 1. The summed E-state index contributed by atoms with van der Waals surface area (Å²) in [5, 5.41) is 5.41. The van der Waals surface area contributed by atoms with E-state index in [-0.39, 0.29) is 17.7 Å². The Morgan fingerprint density at radius 3 is 2.62 bits per heavy atom. The lowest BCUT2D eigenvalue weighted by Crippen LogP contribution is -2.26. The van der Waals surface area contributed by atoms with Crippen LogP contribution < -0.4 is 15.4 Å². The van der Waals surface area contributed by atoms with E-state index in [0.717, 1.165) is 12.8 Å². The highest BCUT2D eigenvalue weighted by Crippen LogP contribution is 2.21. The van der Waals surface area contributed by atoms with Crippen molar-refractivity contribution >= 4 is 39.4 Å². The number of nitrogens with one attached hydrogen (secondary N) is 2. The van der Waals surface area contributed by atoms with Crippen LogP contribution in [0.1, 0.15) is 23.2 Å². The molecule has 9 heteroatoms. The number of halogens is 2. The predicted molar refractivity (Wildman–Crippen MR) is 106 cm³/mol. The number of anilines is 1. The molecule has 1 saturated carbocycles. The normalized spacial score (nSPS) is 12.8. The monoisotopic (exact) mass is 464 g/mol. The van der Waals surface area contributed by atoms with Crippen LogP contribution in [0.4, 0.5) is 10.1 Å². The lowest BCUT2D eigenvalue weighted by atomic mass is 10.2. The standard InChI is InChI=1S/C20H18BrFN2O5/c21-13-4-7-17(16(22)9-13)28-11-19(26)29-10-18(25)23-15-3-1-2-12(8-15)20(27)24-14-5-6-14/h1-4,7-9,14H,5-6,10-11H2,(H,23,25)(H,24,27). The molecule has 0 bridgehead atoms. The van der Waals surface area contributed by atoms with Gasteiger partial charge in [0.1, 0.15) is 0 Å². The fraction of sp³-hybridized carbons (Fsp3) is 0.250. The predicted octanol–water partition coefficient (Wildman–Crippen LogP) is 3.04. The Labute approximate surface area is 174 Å². The average Bonchev–Trinajstić information content (AvgIpc) is 3.50. The Hall–Kier alpha value is -2.94. The minimum atomic E-state index is -0.819. The highest BCUT2D eigenvalue weighted by atomic mass is 79.9. The van der Waals surface area contributed by atoms with Gasteiger partial charge in [-0.1, -0.05) is 22.0 Å². The SMILES string of the molecule is O=C(COC(=O)COc1ccc(Br)cc1F)Nc1cccc(C(=O)NC2CC2)c1. The number of amides is 2. The van der Waals surface area contributed by atoms with Crippen molar-refractivity contribution in [1.29, 1.82) is 0 Å². The molecule has 2 aromatic carbocycles. The summed E-state index contributed by atoms with van der Waals surface area (Å²) in [5.74, 6) is -2.33. The van der Waals surface area contributed by atoms with Crippen molar-refractivity contribution in [2.24, 2.45) is 0 Å². The van der Waals surface area contributed by atoms with E-state index in [9.17, 15) is 18.8 Å². The molecule has 2 aromatic rings. The van der Waals surface area contributed by atoms with E-state index >= 15 is 0 Å². The number of carbonyl (C=O) groups is 3. The molecule has 2 N–H and O–H groups in total. The summed E-state index contributed by atoms with van der Waals surface area (Å²) in [4.78, 5) is 35.7. The zero-order valence-corrected chi connectivity index (χ0v) is 16.8. The highest BCUT2D eigenvalue weighted by Gasteiger charge is 2.23. The van der Waals surface area contributed by atoms with Crippen LogP contribution in [-0.2, 0) is 14.3 Å². The van der Waals surface area contributed by atoms with Gasteiger partial charge in [0.15, 0.2) is 24.8 Å². The first-order chi connectivity index (χ1) is 13.9. The summed E-state index contributed by atoms with van der Waals surface area (Å²) in [6, 6.07) is 10.8. The Kier molecular flexibility index (Phi) is 6.82. The molecule has 1 aliphatic rings. The van der Waals surface area contributed by atoms with E-state index in [1.165, 1.54) is 18.2 Å². The second kappa shape index (κ2) is 9.51. The van der Waals surface area contributed by atoms with Gasteiger partial charge >= 0.3 is 5.97 Å². The van der Waals surface area contributed by atoms with E-state index in [1.54, 1.807) is 24.3 Å². The smallest absolute Gasteiger partial charge is 0.344 e. The van der Waals surface area contributed by atoms with Crippen molar-refractivity contribution in [1.82, 2.24) is 5.32 Å². The molecule has 0 spiro atoms. The van der Waals surface area contributed by atoms with E-state index < -0.39 is 30.9 Å². The molecule has 0 unspecified atom stereocenters. The van der Waals surface area contributed by atoms with Crippen molar-refractivity contribution in [2.45, 2.75) is 18.9 Å². The third-order valence-electron chi connectivity index (χ3n) is 3.92. The summed E-state index contributed by atoms with van der Waals surface area (Å²) in [5.41, 5.74) is 0.833. The fourth-order valence-electron chi connectivity index (χ4n) is 2.35. The van der Waals surface area contributed by atoms with Crippen molar-refractivity contribution in [3.05, 3.63) is 58.3 Å². The third-order valence-corrected chi connectivity index (χ3v) is 4.42. The summed E-state index contributed by atoms with van der Waals surface area (Å²) in [6.45, 7) is -1.08. The van der Waals surface area contributed by atoms with E-state index in [1.807, 2.05) is 0 Å². The Bertz CT molecular complexity index is 933. The van der Waals surface area contributed by atoms with Gasteiger partial charge in [-0.25, -0.2) is 9.18 Å².